The van der Waals surface area contributed by atoms with Gasteiger partial charge in [0.2, 0.25) is 0 Å². The molecule has 0 radical (unpaired) electrons. The highest BCUT2D eigenvalue weighted by atomic mass is 32.1. The third-order valence-corrected chi connectivity index (χ3v) is 15.9. The number of thiophene rings is 2. The summed E-state index contributed by atoms with van der Waals surface area (Å²) in [4.78, 5) is 10.2. The van der Waals surface area contributed by atoms with Crippen molar-refractivity contribution in [1.29, 1.82) is 0 Å². The lowest BCUT2D eigenvalue weighted by Crippen LogP contribution is -2.10. The van der Waals surface area contributed by atoms with Crippen molar-refractivity contribution >= 4 is 56.8 Å². The summed E-state index contributed by atoms with van der Waals surface area (Å²) < 4.78 is 0. The van der Waals surface area contributed by atoms with Gasteiger partial charge in [-0.05, 0) is 181 Å². The molecule has 0 N–H and O–H groups in total. The van der Waals surface area contributed by atoms with E-state index in [4.69, 9.17) is 0 Å². The van der Waals surface area contributed by atoms with Gasteiger partial charge in [0, 0.05) is 53.6 Å². The fourth-order valence-electron chi connectivity index (χ4n) is 8.92. The molecule has 0 saturated heterocycles. The highest BCUT2D eigenvalue weighted by Crippen LogP contribution is 2.43. The maximum atomic E-state index is 2.36. The van der Waals surface area contributed by atoms with Crippen LogP contribution in [0, 0.1) is 41.5 Å². The number of anilines is 6. The molecule has 2 heterocycles. The molecule has 4 heteroatoms. The Balaban J connectivity index is 0.968. The average Bonchev–Trinajstić information content (AvgIpc) is 3.79. The second-order valence-corrected chi connectivity index (χ2v) is 19.6. The maximum Gasteiger partial charge on any atom is 0.0462 e. The van der Waals surface area contributed by atoms with Crippen LogP contribution in [-0.4, -0.2) is 0 Å². The van der Waals surface area contributed by atoms with E-state index in [9.17, 15) is 0 Å². The molecule has 8 aromatic carbocycles. The van der Waals surface area contributed by atoms with Gasteiger partial charge < -0.3 is 9.80 Å². The van der Waals surface area contributed by atoms with Crippen LogP contribution in [0.4, 0.5) is 34.1 Å². The van der Waals surface area contributed by atoms with Crippen molar-refractivity contribution in [2.75, 3.05) is 9.80 Å². The molecule has 0 unspecified atom stereocenters. The standard InChI is InChI=1S/C62H52N2S2/c1-41-43(3)61(65-45(41)5)53-25-37-59(38-26-53)63(55-29-17-49(18-30-55)47-13-9-7-10-14-47)57-33-21-51(22-34-57)52-23-35-58(36-24-52)64(56-31-19-50(20-32-56)48-15-11-8-12-16-48)60-39-27-54(28-40-60)62-44(4)42(2)46(6)66-62/h7-40H,1-6H3. The first kappa shape index (κ1) is 42.7. The molecule has 0 atom stereocenters. The fraction of sp³-hybridized carbons (Fsp3) is 0.0968. The van der Waals surface area contributed by atoms with E-state index in [1.54, 1.807) is 0 Å². The van der Waals surface area contributed by atoms with E-state index in [1.165, 1.54) is 86.3 Å². The molecule has 66 heavy (non-hydrogen) atoms. The number of aryl methyl sites for hydroxylation is 2. The van der Waals surface area contributed by atoms with Gasteiger partial charge in [-0.3, -0.25) is 0 Å². The Hall–Kier alpha value is -7.24. The van der Waals surface area contributed by atoms with Crippen LogP contribution in [0.25, 0.3) is 54.3 Å². The van der Waals surface area contributed by atoms with Gasteiger partial charge >= 0.3 is 0 Å². The molecule has 0 aliphatic rings. The smallest absolute Gasteiger partial charge is 0.0462 e. The third kappa shape index (κ3) is 8.42. The van der Waals surface area contributed by atoms with Gasteiger partial charge in [-0.2, -0.15) is 0 Å². The molecule has 322 valence electrons. The number of nitrogens with zero attached hydrogens (tertiary/aromatic N) is 2. The molecule has 0 aliphatic carbocycles. The van der Waals surface area contributed by atoms with Gasteiger partial charge in [0.15, 0.2) is 0 Å². The van der Waals surface area contributed by atoms with Crippen molar-refractivity contribution in [2.45, 2.75) is 41.5 Å². The van der Waals surface area contributed by atoms with Crippen molar-refractivity contribution < 1.29 is 0 Å². The molecular formula is C62H52N2S2. The summed E-state index contributed by atoms with van der Waals surface area (Å²) >= 11 is 3.77. The van der Waals surface area contributed by atoms with Crippen LogP contribution in [0.2, 0.25) is 0 Å². The number of rotatable bonds is 11. The van der Waals surface area contributed by atoms with E-state index in [0.29, 0.717) is 0 Å². The van der Waals surface area contributed by atoms with Crippen molar-refractivity contribution in [3.05, 3.63) is 238 Å². The summed E-state index contributed by atoms with van der Waals surface area (Å²) in [7, 11) is 0. The van der Waals surface area contributed by atoms with Crippen molar-refractivity contribution in [1.82, 2.24) is 0 Å². The average molecular weight is 889 g/mol. The Morgan fingerprint density at radius 1 is 0.227 bits per heavy atom. The van der Waals surface area contributed by atoms with Gasteiger partial charge in [-0.1, -0.05) is 133 Å². The Morgan fingerprint density at radius 3 is 0.652 bits per heavy atom. The summed E-state index contributed by atoms with van der Waals surface area (Å²) in [6.07, 6.45) is 0. The SMILES string of the molecule is Cc1sc(-c2ccc(N(c3ccc(-c4ccccc4)cc3)c3ccc(-c4ccc(N(c5ccc(-c6ccccc6)cc5)c5ccc(-c6sc(C)c(C)c6C)cc5)cc4)cc3)cc2)c(C)c1C. The first-order valence-electron chi connectivity index (χ1n) is 22.7. The van der Waals surface area contributed by atoms with Crippen molar-refractivity contribution in [3.8, 4) is 54.3 Å². The van der Waals surface area contributed by atoms with E-state index >= 15 is 0 Å². The lowest BCUT2D eigenvalue weighted by atomic mass is 10.0. The van der Waals surface area contributed by atoms with E-state index in [0.717, 1.165) is 34.1 Å². The molecule has 10 aromatic rings. The molecule has 10 rings (SSSR count). The summed E-state index contributed by atoms with van der Waals surface area (Å²) in [5.41, 5.74) is 21.9. The second kappa shape index (κ2) is 18.3. The predicted octanol–water partition coefficient (Wildman–Crippen LogP) is 18.9. The third-order valence-electron chi connectivity index (χ3n) is 13.2. The van der Waals surface area contributed by atoms with Crippen LogP contribution in [-0.2, 0) is 0 Å². The van der Waals surface area contributed by atoms with Gasteiger partial charge in [0.05, 0.1) is 0 Å². The highest BCUT2D eigenvalue weighted by molar-refractivity contribution is 7.16. The molecule has 0 saturated carbocycles. The first-order valence-corrected chi connectivity index (χ1v) is 24.3. The quantitative estimate of drug-likeness (QED) is 0.128. The van der Waals surface area contributed by atoms with Crippen LogP contribution in [0.15, 0.2) is 206 Å². The minimum atomic E-state index is 1.10. The van der Waals surface area contributed by atoms with Gasteiger partial charge in [0.1, 0.15) is 0 Å². The van der Waals surface area contributed by atoms with E-state index in [-0.39, 0.29) is 0 Å². The molecule has 0 aliphatic heterocycles. The van der Waals surface area contributed by atoms with Crippen LogP contribution in [0.3, 0.4) is 0 Å². The van der Waals surface area contributed by atoms with Crippen molar-refractivity contribution in [3.63, 3.8) is 0 Å². The number of benzene rings is 8. The largest absolute Gasteiger partial charge is 0.311 e. The van der Waals surface area contributed by atoms with Gasteiger partial charge in [0.25, 0.3) is 0 Å². The van der Waals surface area contributed by atoms with Gasteiger partial charge in [-0.15, -0.1) is 22.7 Å². The van der Waals surface area contributed by atoms with Crippen LogP contribution in [0.5, 0.6) is 0 Å². The Morgan fingerprint density at radius 2 is 0.439 bits per heavy atom. The number of hydrogen-bond donors (Lipinski definition) is 0. The monoisotopic (exact) mass is 888 g/mol. The summed E-state index contributed by atoms with van der Waals surface area (Å²) in [5, 5.41) is 0. The minimum absolute atomic E-state index is 1.10. The topological polar surface area (TPSA) is 6.48 Å². The van der Waals surface area contributed by atoms with Gasteiger partial charge in [-0.25, -0.2) is 0 Å². The van der Waals surface area contributed by atoms with Crippen LogP contribution < -0.4 is 9.80 Å². The second-order valence-electron chi connectivity index (χ2n) is 17.2. The summed E-state index contributed by atoms with van der Waals surface area (Å²) in [6.45, 7) is 13.4. The summed E-state index contributed by atoms with van der Waals surface area (Å²) in [6, 6.07) is 75.2. The molecule has 0 spiro atoms. The lowest BCUT2D eigenvalue weighted by molar-refractivity contribution is 1.28. The molecule has 2 aromatic heterocycles. The Kier molecular flexibility index (Phi) is 11.9. The van der Waals surface area contributed by atoms with Crippen LogP contribution >= 0.6 is 22.7 Å². The first-order chi connectivity index (χ1) is 32.2. The Bertz CT molecular complexity index is 3010. The normalized spacial score (nSPS) is 11.2. The van der Waals surface area contributed by atoms with Crippen LogP contribution in [0.1, 0.15) is 32.0 Å². The lowest BCUT2D eigenvalue weighted by Gasteiger charge is -2.27. The molecule has 0 amide bonds. The van der Waals surface area contributed by atoms with E-state index in [2.05, 4.69) is 258 Å². The van der Waals surface area contributed by atoms with Crippen molar-refractivity contribution in [2.24, 2.45) is 0 Å². The highest BCUT2D eigenvalue weighted by Gasteiger charge is 2.18. The molecule has 0 fully saturated rings. The molecule has 0 bridgehead atoms. The zero-order chi connectivity index (χ0) is 45.3. The zero-order valence-corrected chi connectivity index (χ0v) is 40.0. The maximum absolute atomic E-state index is 2.36. The zero-order valence-electron chi connectivity index (χ0n) is 38.3. The summed E-state index contributed by atoms with van der Waals surface area (Å²) in [5.74, 6) is 0. The minimum Gasteiger partial charge on any atom is -0.311 e. The molecule has 2 nitrogen and oxygen atoms in total. The predicted molar refractivity (Wildman–Crippen MR) is 287 cm³/mol. The fourth-order valence-corrected chi connectivity index (χ4v) is 11.3. The number of hydrogen-bond acceptors (Lipinski definition) is 4. The van der Waals surface area contributed by atoms with E-state index in [1.807, 2.05) is 22.7 Å². The van der Waals surface area contributed by atoms with E-state index < -0.39 is 0 Å². The Labute approximate surface area is 398 Å². The molecular weight excluding hydrogens is 837 g/mol.